The van der Waals surface area contributed by atoms with E-state index in [1.54, 1.807) is 0 Å². The Labute approximate surface area is 643 Å². The lowest BCUT2D eigenvalue weighted by Crippen LogP contribution is -2.30. The molecule has 0 aromatic carbocycles. The number of esters is 4. The van der Waals surface area contributed by atoms with E-state index in [4.69, 9.17) is 37.0 Å². The minimum absolute atomic E-state index is 0.0844. The number of hydrogen-bond donors (Lipinski definition) is 3. The molecular formula is C86H164O17P2. The van der Waals surface area contributed by atoms with E-state index in [0.29, 0.717) is 25.7 Å². The van der Waals surface area contributed by atoms with Gasteiger partial charge in [0, 0.05) is 25.7 Å². The number of ether oxygens (including phenoxy) is 4. The molecule has 0 radical (unpaired) electrons. The maximum Gasteiger partial charge on any atom is 0.472 e. The molecule has 7 atom stereocenters. The van der Waals surface area contributed by atoms with Crippen molar-refractivity contribution in [3.63, 3.8) is 0 Å². The Morgan fingerprint density at radius 1 is 0.305 bits per heavy atom. The number of phosphoric ester groups is 2. The van der Waals surface area contributed by atoms with Crippen LogP contribution in [-0.4, -0.2) is 96.7 Å². The Hall–Kier alpha value is -2.46. The highest BCUT2D eigenvalue weighted by Crippen LogP contribution is 2.45. The van der Waals surface area contributed by atoms with Gasteiger partial charge in [0.15, 0.2) is 12.2 Å². The third-order valence-electron chi connectivity index (χ3n) is 20.3. The lowest BCUT2D eigenvalue weighted by molar-refractivity contribution is -0.161. The molecule has 17 nitrogen and oxygen atoms in total. The van der Waals surface area contributed by atoms with Crippen LogP contribution in [0.15, 0.2) is 24.3 Å². The third kappa shape index (κ3) is 76.7. The van der Waals surface area contributed by atoms with Gasteiger partial charge in [-0.2, -0.15) is 0 Å². The highest BCUT2D eigenvalue weighted by molar-refractivity contribution is 7.47. The summed E-state index contributed by atoms with van der Waals surface area (Å²) in [7, 11) is -9.94. The van der Waals surface area contributed by atoms with Crippen LogP contribution >= 0.6 is 15.6 Å². The fourth-order valence-electron chi connectivity index (χ4n) is 12.8. The van der Waals surface area contributed by atoms with Gasteiger partial charge in [0.2, 0.25) is 0 Å². The smallest absolute Gasteiger partial charge is 0.462 e. The summed E-state index contributed by atoms with van der Waals surface area (Å²) in [6.07, 6.45) is 71.7. The van der Waals surface area contributed by atoms with Gasteiger partial charge in [-0.3, -0.25) is 37.3 Å². The average Bonchev–Trinajstić information content (AvgIpc) is 0.907. The van der Waals surface area contributed by atoms with Gasteiger partial charge in [-0.25, -0.2) is 9.13 Å². The molecule has 0 aromatic heterocycles. The number of phosphoric acid groups is 2. The summed E-state index contributed by atoms with van der Waals surface area (Å²) in [4.78, 5) is 73.2. The number of unbranched alkanes of at least 4 members (excludes halogenated alkanes) is 48. The van der Waals surface area contributed by atoms with E-state index in [-0.39, 0.29) is 25.7 Å². The third-order valence-corrected chi connectivity index (χ3v) is 22.2. The summed E-state index contributed by atoms with van der Waals surface area (Å²) in [6.45, 7) is 9.62. The van der Waals surface area contributed by atoms with Crippen molar-refractivity contribution >= 4 is 39.5 Å². The fourth-order valence-corrected chi connectivity index (χ4v) is 14.4. The van der Waals surface area contributed by atoms with Gasteiger partial charge < -0.3 is 33.8 Å². The van der Waals surface area contributed by atoms with Crippen LogP contribution in [0.4, 0.5) is 0 Å². The molecular weight excluding hydrogens is 1370 g/mol. The normalized spacial score (nSPS) is 14.5. The van der Waals surface area contributed by atoms with Crippen LogP contribution in [0, 0.1) is 11.8 Å². The number of allylic oxidation sites excluding steroid dienone is 4. The first kappa shape index (κ1) is 103. The zero-order valence-electron chi connectivity index (χ0n) is 68.5. The SMILES string of the molecule is CCCCCC/C=C\C=C/CCCCCCCC(=O)O[C@H](COC(=O)CCCCCCCCC(C)CC)COP(=O)(O)OC[C@H](O)COP(=O)(O)OC[C@@H](COC(=O)CCCCCCCCCCCCCCCCCCCC)OC(=O)CCCCCCCCCCCCCCCCCCCCC(C)CC. The van der Waals surface area contributed by atoms with E-state index in [1.807, 2.05) is 0 Å². The first-order valence-electron chi connectivity index (χ1n) is 43.9. The average molecular weight is 1530 g/mol. The van der Waals surface area contributed by atoms with Gasteiger partial charge in [-0.05, 0) is 63.2 Å². The van der Waals surface area contributed by atoms with Crippen molar-refractivity contribution in [2.75, 3.05) is 39.6 Å². The quantitative estimate of drug-likeness (QED) is 0.0169. The van der Waals surface area contributed by atoms with Crippen LogP contribution in [-0.2, 0) is 65.4 Å². The molecule has 3 N–H and O–H groups in total. The van der Waals surface area contributed by atoms with Gasteiger partial charge >= 0.3 is 39.5 Å². The molecule has 0 rings (SSSR count). The first-order chi connectivity index (χ1) is 50.9. The summed E-state index contributed by atoms with van der Waals surface area (Å²) in [5.41, 5.74) is 0. The van der Waals surface area contributed by atoms with Crippen LogP contribution < -0.4 is 0 Å². The van der Waals surface area contributed by atoms with Crippen molar-refractivity contribution < 1.29 is 80.2 Å². The summed E-state index contributed by atoms with van der Waals surface area (Å²) >= 11 is 0. The molecule has 0 saturated carbocycles. The summed E-state index contributed by atoms with van der Waals surface area (Å²) in [5, 5.41) is 10.7. The monoisotopic (exact) mass is 1530 g/mol. The molecule has 0 saturated heterocycles. The highest BCUT2D eigenvalue weighted by Gasteiger charge is 2.30. The van der Waals surface area contributed by atoms with Crippen molar-refractivity contribution in [3.8, 4) is 0 Å². The molecule has 0 fully saturated rings. The van der Waals surface area contributed by atoms with Crippen molar-refractivity contribution in [1.82, 2.24) is 0 Å². The maximum atomic E-state index is 13.1. The largest absolute Gasteiger partial charge is 0.472 e. The molecule has 0 aliphatic rings. The Bertz CT molecular complexity index is 2110. The lowest BCUT2D eigenvalue weighted by atomic mass is 9.99. The number of aliphatic hydroxyl groups is 1. The minimum Gasteiger partial charge on any atom is -0.462 e. The fraction of sp³-hybridized carbons (Fsp3) is 0.907. The van der Waals surface area contributed by atoms with Crippen molar-refractivity contribution in [2.45, 2.75) is 452 Å². The Balaban J connectivity index is 5.25. The molecule has 4 unspecified atom stereocenters. The second-order valence-corrected chi connectivity index (χ2v) is 33.6. The van der Waals surface area contributed by atoms with Gasteiger partial charge in [0.05, 0.1) is 26.4 Å². The number of carbonyl (C=O) groups excluding carboxylic acids is 4. The maximum absolute atomic E-state index is 13.1. The molecule has 620 valence electrons. The van der Waals surface area contributed by atoms with Gasteiger partial charge in [-0.15, -0.1) is 0 Å². The predicted molar refractivity (Wildman–Crippen MR) is 432 cm³/mol. The standard InChI is InChI=1S/C86H164O17P2/c1-7-11-13-15-17-19-21-23-25-26-30-34-37-41-45-49-56-62-68-83(88)96-74-81(102-85(90)70-65-59-51-47-43-39-35-31-28-27-29-33-36-40-44-48-54-60-66-78(5)9-3)76-100-104(92,93)98-72-80(87)73-99-105(94,95)101-77-82(75-97-84(89)69-63-57-53-52-55-61-67-79(6)10-4)103-86(91)71-64-58-50-46-42-38-32-24-22-20-18-16-14-12-8-2/h20,22,24,32,78-82,87H,7-19,21,23,25-31,33-77H2,1-6H3,(H,92,93)(H,94,95)/b22-20-,32-24-/t78?,79?,80-,81-,82-/m1/s1. The molecule has 19 heteroatoms. The van der Waals surface area contributed by atoms with Crippen LogP contribution in [0.25, 0.3) is 0 Å². The topological polar surface area (TPSA) is 237 Å². The second-order valence-electron chi connectivity index (χ2n) is 30.7. The van der Waals surface area contributed by atoms with Crippen LogP contribution in [0.1, 0.15) is 433 Å². The summed E-state index contributed by atoms with van der Waals surface area (Å²) in [5.74, 6) is -0.538. The molecule has 0 heterocycles. The zero-order chi connectivity index (χ0) is 77.1. The first-order valence-corrected chi connectivity index (χ1v) is 46.9. The molecule has 0 aromatic rings. The number of hydrogen-bond acceptors (Lipinski definition) is 15. The van der Waals surface area contributed by atoms with E-state index < -0.39 is 97.5 Å². The highest BCUT2D eigenvalue weighted by atomic mass is 31.2. The van der Waals surface area contributed by atoms with E-state index in [0.717, 1.165) is 121 Å². The summed E-state index contributed by atoms with van der Waals surface area (Å²) < 4.78 is 68.8. The van der Waals surface area contributed by atoms with E-state index in [2.05, 4.69) is 65.8 Å². The minimum atomic E-state index is -4.97. The van der Waals surface area contributed by atoms with E-state index in [9.17, 15) is 43.2 Å². The molecule has 0 bridgehead atoms. The Morgan fingerprint density at radius 3 is 0.810 bits per heavy atom. The molecule has 0 aliphatic heterocycles. The van der Waals surface area contributed by atoms with E-state index >= 15 is 0 Å². The number of aliphatic hydroxyl groups excluding tert-OH is 1. The van der Waals surface area contributed by atoms with Crippen LogP contribution in [0.3, 0.4) is 0 Å². The predicted octanol–water partition coefficient (Wildman–Crippen LogP) is 25.8. The molecule has 0 aliphatic carbocycles. The number of rotatable bonds is 83. The van der Waals surface area contributed by atoms with Gasteiger partial charge in [0.1, 0.15) is 19.3 Å². The lowest BCUT2D eigenvalue weighted by Gasteiger charge is -2.21. The molecule has 0 spiro atoms. The zero-order valence-corrected chi connectivity index (χ0v) is 70.3. The van der Waals surface area contributed by atoms with E-state index in [1.165, 1.54) is 231 Å². The van der Waals surface area contributed by atoms with Gasteiger partial charge in [-0.1, -0.05) is 380 Å². The van der Waals surface area contributed by atoms with Crippen LogP contribution in [0.5, 0.6) is 0 Å². The van der Waals surface area contributed by atoms with Crippen molar-refractivity contribution in [1.29, 1.82) is 0 Å². The molecule has 0 amide bonds. The Kier molecular flexibility index (Phi) is 75.1. The summed E-state index contributed by atoms with van der Waals surface area (Å²) in [6, 6.07) is 0. The van der Waals surface area contributed by atoms with Crippen LogP contribution in [0.2, 0.25) is 0 Å². The number of carbonyl (C=O) groups is 4. The Morgan fingerprint density at radius 2 is 0.533 bits per heavy atom. The van der Waals surface area contributed by atoms with Gasteiger partial charge in [0.25, 0.3) is 0 Å². The second kappa shape index (κ2) is 76.9. The molecule has 105 heavy (non-hydrogen) atoms. The van der Waals surface area contributed by atoms with Crippen molar-refractivity contribution in [3.05, 3.63) is 24.3 Å². The van der Waals surface area contributed by atoms with Crippen molar-refractivity contribution in [2.24, 2.45) is 11.8 Å².